The van der Waals surface area contributed by atoms with Gasteiger partial charge in [0.05, 0.1) is 0 Å². The average Bonchev–Trinajstić information content (AvgIpc) is 3.00. The van der Waals surface area contributed by atoms with Crippen LogP contribution < -0.4 is 10.2 Å². The zero-order valence-corrected chi connectivity index (χ0v) is 12.7. The zero-order chi connectivity index (χ0) is 13.8. The lowest BCUT2D eigenvalue weighted by Crippen LogP contribution is -2.44. The fourth-order valence-corrected chi connectivity index (χ4v) is 3.10. The van der Waals surface area contributed by atoms with Gasteiger partial charge in [-0.3, -0.25) is 0 Å². The van der Waals surface area contributed by atoms with E-state index in [9.17, 15) is 0 Å². The van der Waals surface area contributed by atoms with Crippen LogP contribution in [0.25, 0.3) is 0 Å². The molecule has 1 saturated heterocycles. The number of hydrogen-bond donors (Lipinski definition) is 1. The summed E-state index contributed by atoms with van der Waals surface area (Å²) in [6.45, 7) is 5.46. The molecule has 0 radical (unpaired) electrons. The Balaban J connectivity index is 1.57. The normalized spacial score (nSPS) is 16.4. The van der Waals surface area contributed by atoms with Crippen LogP contribution in [0.3, 0.4) is 0 Å². The molecule has 3 rings (SSSR count). The largest absolute Gasteiger partial charge is 0.380 e. The molecule has 0 aliphatic carbocycles. The van der Waals surface area contributed by atoms with Crippen molar-refractivity contribution in [3.63, 3.8) is 0 Å². The highest BCUT2D eigenvalue weighted by Crippen LogP contribution is 2.20. The van der Waals surface area contributed by atoms with Crippen LogP contribution in [0.5, 0.6) is 0 Å². The quantitative estimate of drug-likeness (QED) is 0.932. The Bertz CT molecular complexity index is 513. The monoisotopic (exact) mass is 287 g/mol. The van der Waals surface area contributed by atoms with Crippen LogP contribution in [0, 0.1) is 0 Å². The molecule has 0 atom stereocenters. The average molecular weight is 287 g/mol. The van der Waals surface area contributed by atoms with Gasteiger partial charge in [-0.2, -0.15) is 0 Å². The third-order valence-corrected chi connectivity index (χ3v) is 4.66. The Morgan fingerprint density at radius 1 is 1.05 bits per heavy atom. The molecule has 1 aliphatic heterocycles. The van der Waals surface area contributed by atoms with Crippen molar-refractivity contribution in [1.29, 1.82) is 0 Å². The van der Waals surface area contributed by atoms with E-state index in [0.717, 1.165) is 32.7 Å². The Morgan fingerprint density at radius 3 is 2.45 bits per heavy atom. The first-order valence-electron chi connectivity index (χ1n) is 7.11. The van der Waals surface area contributed by atoms with E-state index in [0.29, 0.717) is 0 Å². The fraction of sp³-hybridized carbons (Fsp3) is 0.375. The molecule has 2 heterocycles. The second-order valence-corrected chi connectivity index (χ2v) is 6.30. The number of likely N-dealkylation sites (N-methyl/N-ethyl adjacent to an activating group) is 1. The number of nitrogens with zero attached hydrogens (tertiary/aromatic N) is 2. The first kappa shape index (κ1) is 13.5. The summed E-state index contributed by atoms with van der Waals surface area (Å²) in [6.07, 6.45) is 0. The van der Waals surface area contributed by atoms with Gasteiger partial charge in [-0.1, -0.05) is 6.07 Å². The Kier molecular flexibility index (Phi) is 4.23. The van der Waals surface area contributed by atoms with Crippen molar-refractivity contribution in [3.8, 4) is 0 Å². The summed E-state index contributed by atoms with van der Waals surface area (Å²) >= 11 is 1.79. The third kappa shape index (κ3) is 3.32. The van der Waals surface area contributed by atoms with E-state index in [4.69, 9.17) is 0 Å². The molecule has 1 aliphatic rings. The maximum Gasteiger partial charge on any atom is 0.0494 e. The number of hydrogen-bond acceptors (Lipinski definition) is 4. The Labute approximate surface area is 124 Å². The second kappa shape index (κ2) is 6.29. The molecular formula is C16H21N3S. The van der Waals surface area contributed by atoms with Crippen molar-refractivity contribution in [1.82, 2.24) is 4.90 Å². The maximum absolute atomic E-state index is 3.47. The van der Waals surface area contributed by atoms with Crippen molar-refractivity contribution in [2.75, 3.05) is 43.4 Å². The summed E-state index contributed by atoms with van der Waals surface area (Å²) < 4.78 is 0. The van der Waals surface area contributed by atoms with Crippen LogP contribution in [0.4, 0.5) is 11.4 Å². The van der Waals surface area contributed by atoms with Gasteiger partial charge in [-0.05, 0) is 42.8 Å². The Morgan fingerprint density at radius 2 is 1.80 bits per heavy atom. The molecule has 1 aromatic heterocycles. The number of nitrogens with one attached hydrogen (secondary N) is 1. The summed E-state index contributed by atoms with van der Waals surface area (Å²) in [7, 11) is 2.19. The zero-order valence-electron chi connectivity index (χ0n) is 11.9. The number of benzene rings is 1. The van der Waals surface area contributed by atoms with Crippen LogP contribution in [0.1, 0.15) is 4.88 Å². The second-order valence-electron chi connectivity index (χ2n) is 5.27. The summed E-state index contributed by atoms with van der Waals surface area (Å²) in [4.78, 5) is 6.21. The topological polar surface area (TPSA) is 18.5 Å². The summed E-state index contributed by atoms with van der Waals surface area (Å²) in [5.41, 5.74) is 2.52. The van der Waals surface area contributed by atoms with Gasteiger partial charge >= 0.3 is 0 Å². The molecule has 0 amide bonds. The molecule has 1 N–H and O–H groups in total. The molecule has 3 nitrogen and oxygen atoms in total. The van der Waals surface area contributed by atoms with E-state index >= 15 is 0 Å². The molecule has 20 heavy (non-hydrogen) atoms. The lowest BCUT2D eigenvalue weighted by Gasteiger charge is -2.34. The molecule has 0 saturated carbocycles. The number of rotatable bonds is 4. The molecule has 106 valence electrons. The van der Waals surface area contributed by atoms with E-state index in [1.165, 1.54) is 16.3 Å². The minimum Gasteiger partial charge on any atom is -0.380 e. The summed E-state index contributed by atoms with van der Waals surface area (Å²) in [5, 5.41) is 5.59. The molecule has 2 aromatic rings. The minimum absolute atomic E-state index is 0.908. The summed E-state index contributed by atoms with van der Waals surface area (Å²) in [6, 6.07) is 13.1. The van der Waals surface area contributed by atoms with E-state index in [2.05, 4.69) is 63.9 Å². The molecule has 4 heteroatoms. The van der Waals surface area contributed by atoms with Gasteiger partial charge in [0.25, 0.3) is 0 Å². The van der Waals surface area contributed by atoms with Crippen molar-refractivity contribution in [3.05, 3.63) is 46.7 Å². The fourth-order valence-electron chi connectivity index (χ4n) is 2.46. The number of anilines is 2. The van der Waals surface area contributed by atoms with Crippen LogP contribution in [-0.2, 0) is 6.54 Å². The van der Waals surface area contributed by atoms with Crippen LogP contribution in [0.2, 0.25) is 0 Å². The van der Waals surface area contributed by atoms with E-state index in [1.54, 1.807) is 11.3 Å². The Hall–Kier alpha value is -1.52. The predicted octanol–water partition coefficient (Wildman–Crippen LogP) is 3.11. The molecule has 0 unspecified atom stereocenters. The molecule has 1 fully saturated rings. The number of thiophene rings is 1. The van der Waals surface area contributed by atoms with Gasteiger partial charge in [-0.15, -0.1) is 11.3 Å². The highest BCUT2D eigenvalue weighted by atomic mass is 32.1. The highest BCUT2D eigenvalue weighted by molar-refractivity contribution is 7.09. The van der Waals surface area contributed by atoms with Crippen molar-refractivity contribution >= 4 is 22.7 Å². The van der Waals surface area contributed by atoms with E-state index in [1.807, 2.05) is 0 Å². The molecule has 0 spiro atoms. The van der Waals surface area contributed by atoms with Crippen LogP contribution in [0.15, 0.2) is 41.8 Å². The van der Waals surface area contributed by atoms with Crippen molar-refractivity contribution < 1.29 is 0 Å². The van der Waals surface area contributed by atoms with Crippen molar-refractivity contribution in [2.24, 2.45) is 0 Å². The van der Waals surface area contributed by atoms with Crippen molar-refractivity contribution in [2.45, 2.75) is 6.54 Å². The smallest absolute Gasteiger partial charge is 0.0494 e. The SMILES string of the molecule is CN1CCN(c2ccc(NCc3cccs3)cc2)CC1. The molecule has 1 aromatic carbocycles. The third-order valence-electron chi connectivity index (χ3n) is 3.78. The van der Waals surface area contributed by atoms with Gasteiger partial charge in [0.1, 0.15) is 0 Å². The predicted molar refractivity (Wildman–Crippen MR) is 87.8 cm³/mol. The lowest BCUT2D eigenvalue weighted by atomic mass is 10.2. The van der Waals surface area contributed by atoms with Gasteiger partial charge in [0.15, 0.2) is 0 Å². The highest BCUT2D eigenvalue weighted by Gasteiger charge is 2.13. The number of piperazine rings is 1. The molecular weight excluding hydrogens is 266 g/mol. The lowest BCUT2D eigenvalue weighted by molar-refractivity contribution is 0.313. The van der Waals surface area contributed by atoms with E-state index < -0.39 is 0 Å². The first-order chi connectivity index (χ1) is 9.81. The van der Waals surface area contributed by atoms with Gasteiger partial charge in [0.2, 0.25) is 0 Å². The van der Waals surface area contributed by atoms with E-state index in [-0.39, 0.29) is 0 Å². The van der Waals surface area contributed by atoms with Crippen LogP contribution >= 0.6 is 11.3 Å². The minimum atomic E-state index is 0.908. The van der Waals surface area contributed by atoms with Gasteiger partial charge in [0, 0.05) is 49.0 Å². The van der Waals surface area contributed by atoms with Gasteiger partial charge < -0.3 is 15.1 Å². The molecule has 0 bridgehead atoms. The first-order valence-corrected chi connectivity index (χ1v) is 7.99. The van der Waals surface area contributed by atoms with Gasteiger partial charge in [-0.25, -0.2) is 0 Å². The summed E-state index contributed by atoms with van der Waals surface area (Å²) in [5.74, 6) is 0. The maximum atomic E-state index is 3.47. The standard InChI is InChI=1S/C16H21N3S/c1-18-8-10-19(11-9-18)15-6-4-14(5-7-15)17-13-16-3-2-12-20-16/h2-7,12,17H,8-11,13H2,1H3. The van der Waals surface area contributed by atoms with Crippen LogP contribution in [-0.4, -0.2) is 38.1 Å².